The first kappa shape index (κ1) is 22.4. The standard InChI is InChI=1S/C18H26N2O4S2/c1-11(2)8-13(19-17(22)15(26)10-25)16(21)20-14(18(23)24)9-12-6-4-3-5-7-12/h3-7,11,13-15,25-26H,8-10H2,1-2H3,(H,19,22)(H,20,21)(H,23,24). The minimum Gasteiger partial charge on any atom is -0.480 e. The Morgan fingerprint density at radius 3 is 2.12 bits per heavy atom. The van der Waals surface area contributed by atoms with Crippen LogP contribution in [-0.2, 0) is 20.8 Å². The minimum atomic E-state index is -1.13. The van der Waals surface area contributed by atoms with E-state index in [-0.39, 0.29) is 18.1 Å². The lowest BCUT2D eigenvalue weighted by Crippen LogP contribution is -2.53. The molecule has 0 heterocycles. The molecule has 144 valence electrons. The van der Waals surface area contributed by atoms with Gasteiger partial charge in [-0.05, 0) is 17.9 Å². The lowest BCUT2D eigenvalue weighted by molar-refractivity contribution is -0.142. The fourth-order valence-electron chi connectivity index (χ4n) is 2.38. The molecular weight excluding hydrogens is 372 g/mol. The van der Waals surface area contributed by atoms with Gasteiger partial charge in [0.05, 0.1) is 5.25 Å². The van der Waals surface area contributed by atoms with Crippen molar-refractivity contribution in [3.63, 3.8) is 0 Å². The fraction of sp³-hybridized carbons (Fsp3) is 0.500. The van der Waals surface area contributed by atoms with Gasteiger partial charge in [0, 0.05) is 12.2 Å². The number of hydrogen-bond acceptors (Lipinski definition) is 5. The molecule has 0 bridgehead atoms. The number of amides is 2. The van der Waals surface area contributed by atoms with Crippen molar-refractivity contribution in [3.05, 3.63) is 35.9 Å². The molecule has 0 saturated carbocycles. The molecule has 1 aromatic carbocycles. The van der Waals surface area contributed by atoms with Crippen LogP contribution in [0, 0.1) is 5.92 Å². The van der Waals surface area contributed by atoms with Crippen molar-refractivity contribution in [2.45, 2.75) is 44.0 Å². The summed E-state index contributed by atoms with van der Waals surface area (Å²) in [5.74, 6) is -1.68. The number of carbonyl (C=O) groups is 3. The van der Waals surface area contributed by atoms with Crippen LogP contribution in [0.5, 0.6) is 0 Å². The molecule has 3 N–H and O–H groups in total. The Morgan fingerprint density at radius 1 is 1.04 bits per heavy atom. The number of thiol groups is 2. The molecule has 1 aromatic rings. The number of carboxylic acid groups (broad SMARTS) is 1. The Hall–Kier alpha value is -1.67. The fourth-order valence-corrected chi connectivity index (χ4v) is 2.62. The van der Waals surface area contributed by atoms with Gasteiger partial charge in [0.15, 0.2) is 0 Å². The average Bonchev–Trinajstić information content (AvgIpc) is 2.60. The molecule has 0 saturated heterocycles. The van der Waals surface area contributed by atoms with Crippen LogP contribution < -0.4 is 10.6 Å². The highest BCUT2D eigenvalue weighted by Gasteiger charge is 2.28. The van der Waals surface area contributed by atoms with Crippen molar-refractivity contribution in [2.24, 2.45) is 5.92 Å². The third kappa shape index (κ3) is 7.70. The van der Waals surface area contributed by atoms with Crippen LogP contribution in [0.4, 0.5) is 0 Å². The molecule has 8 heteroatoms. The van der Waals surface area contributed by atoms with E-state index in [1.807, 2.05) is 32.0 Å². The van der Waals surface area contributed by atoms with Gasteiger partial charge in [0.2, 0.25) is 11.8 Å². The number of nitrogens with one attached hydrogen (secondary N) is 2. The summed E-state index contributed by atoms with van der Waals surface area (Å²) in [4.78, 5) is 36.2. The molecule has 6 nitrogen and oxygen atoms in total. The zero-order valence-electron chi connectivity index (χ0n) is 14.9. The van der Waals surface area contributed by atoms with Gasteiger partial charge in [0.1, 0.15) is 12.1 Å². The van der Waals surface area contributed by atoms with E-state index in [0.717, 1.165) is 5.56 Å². The van der Waals surface area contributed by atoms with E-state index in [1.54, 1.807) is 12.1 Å². The Labute approximate surface area is 164 Å². The van der Waals surface area contributed by atoms with E-state index in [2.05, 4.69) is 35.9 Å². The summed E-state index contributed by atoms with van der Waals surface area (Å²) in [6.45, 7) is 3.84. The highest BCUT2D eigenvalue weighted by molar-refractivity contribution is 7.85. The molecule has 2 amide bonds. The largest absolute Gasteiger partial charge is 0.480 e. The van der Waals surface area contributed by atoms with Crippen LogP contribution in [0.25, 0.3) is 0 Å². The van der Waals surface area contributed by atoms with Gasteiger partial charge in [-0.3, -0.25) is 9.59 Å². The van der Waals surface area contributed by atoms with E-state index in [1.165, 1.54) is 0 Å². The van der Waals surface area contributed by atoms with Crippen LogP contribution in [0.2, 0.25) is 0 Å². The quantitative estimate of drug-likeness (QED) is 0.387. The maximum atomic E-state index is 12.6. The van der Waals surface area contributed by atoms with Gasteiger partial charge in [0.25, 0.3) is 0 Å². The summed E-state index contributed by atoms with van der Waals surface area (Å²) < 4.78 is 0. The smallest absolute Gasteiger partial charge is 0.326 e. The van der Waals surface area contributed by atoms with Crippen LogP contribution in [0.3, 0.4) is 0 Å². The van der Waals surface area contributed by atoms with Crippen molar-refractivity contribution < 1.29 is 19.5 Å². The number of carbonyl (C=O) groups excluding carboxylic acids is 2. The predicted molar refractivity (Wildman–Crippen MR) is 108 cm³/mol. The van der Waals surface area contributed by atoms with Crippen molar-refractivity contribution >= 4 is 43.0 Å². The second-order valence-electron chi connectivity index (χ2n) is 6.48. The van der Waals surface area contributed by atoms with E-state index in [9.17, 15) is 19.5 Å². The van der Waals surface area contributed by atoms with Gasteiger partial charge < -0.3 is 15.7 Å². The summed E-state index contributed by atoms with van der Waals surface area (Å²) in [7, 11) is 0. The molecule has 3 atom stereocenters. The summed E-state index contributed by atoms with van der Waals surface area (Å²) in [6.07, 6.45) is 0.554. The number of carboxylic acids is 1. The van der Waals surface area contributed by atoms with Gasteiger partial charge >= 0.3 is 5.97 Å². The lowest BCUT2D eigenvalue weighted by atomic mass is 10.0. The first-order valence-corrected chi connectivity index (χ1v) is 9.55. The molecule has 3 unspecified atom stereocenters. The zero-order valence-corrected chi connectivity index (χ0v) is 16.7. The maximum absolute atomic E-state index is 12.6. The van der Waals surface area contributed by atoms with Gasteiger partial charge in [-0.25, -0.2) is 4.79 Å². The number of rotatable bonds is 10. The summed E-state index contributed by atoms with van der Waals surface area (Å²) in [5.41, 5.74) is 0.801. The Bertz CT molecular complexity index is 610. The highest BCUT2D eigenvalue weighted by Crippen LogP contribution is 2.09. The van der Waals surface area contributed by atoms with E-state index in [0.29, 0.717) is 6.42 Å². The third-order valence-electron chi connectivity index (χ3n) is 3.71. The van der Waals surface area contributed by atoms with E-state index >= 15 is 0 Å². The van der Waals surface area contributed by atoms with Crippen molar-refractivity contribution in [2.75, 3.05) is 5.75 Å². The van der Waals surface area contributed by atoms with Crippen molar-refractivity contribution in [1.29, 1.82) is 0 Å². The summed E-state index contributed by atoms with van der Waals surface area (Å²) in [6, 6.07) is 7.15. The number of aliphatic carboxylic acids is 1. The molecule has 0 radical (unpaired) electrons. The first-order chi connectivity index (χ1) is 12.2. The highest BCUT2D eigenvalue weighted by atomic mass is 32.1. The molecule has 1 rings (SSSR count). The third-order valence-corrected chi connectivity index (χ3v) is 4.78. The average molecular weight is 399 g/mol. The van der Waals surface area contributed by atoms with Crippen LogP contribution in [0.15, 0.2) is 30.3 Å². The SMILES string of the molecule is CC(C)CC(NC(=O)C(S)CS)C(=O)NC(Cc1ccccc1)C(=O)O. The van der Waals surface area contributed by atoms with Crippen LogP contribution in [0.1, 0.15) is 25.8 Å². The zero-order chi connectivity index (χ0) is 19.7. The minimum absolute atomic E-state index is 0.137. The number of hydrogen-bond donors (Lipinski definition) is 5. The molecule has 0 aromatic heterocycles. The first-order valence-electron chi connectivity index (χ1n) is 8.41. The Balaban J connectivity index is 2.83. The van der Waals surface area contributed by atoms with Crippen LogP contribution >= 0.6 is 25.3 Å². The van der Waals surface area contributed by atoms with E-state index in [4.69, 9.17) is 0 Å². The molecule has 0 fully saturated rings. The lowest BCUT2D eigenvalue weighted by Gasteiger charge is -2.23. The van der Waals surface area contributed by atoms with E-state index < -0.39 is 35.1 Å². The maximum Gasteiger partial charge on any atom is 0.326 e. The van der Waals surface area contributed by atoms with Crippen molar-refractivity contribution in [1.82, 2.24) is 10.6 Å². The second kappa shape index (κ2) is 11.1. The predicted octanol–water partition coefficient (Wildman–Crippen LogP) is 1.56. The monoisotopic (exact) mass is 398 g/mol. The second-order valence-corrected chi connectivity index (χ2v) is 7.47. The molecule has 0 aliphatic heterocycles. The van der Waals surface area contributed by atoms with Gasteiger partial charge in [-0.1, -0.05) is 44.2 Å². The van der Waals surface area contributed by atoms with Crippen molar-refractivity contribution in [3.8, 4) is 0 Å². The summed E-state index contributed by atoms with van der Waals surface area (Å²) in [5, 5.41) is 14.0. The molecule has 0 aliphatic rings. The number of benzene rings is 1. The summed E-state index contributed by atoms with van der Waals surface area (Å²) >= 11 is 8.13. The Kier molecular flexibility index (Phi) is 9.58. The van der Waals surface area contributed by atoms with Gasteiger partial charge in [-0.15, -0.1) is 0 Å². The molecule has 0 aliphatic carbocycles. The molecule has 26 heavy (non-hydrogen) atoms. The molecule has 0 spiro atoms. The topological polar surface area (TPSA) is 95.5 Å². The van der Waals surface area contributed by atoms with Crippen LogP contribution in [-0.4, -0.2) is 46.0 Å². The molecular formula is C18H26N2O4S2. The normalized spacial score (nSPS) is 14.3. The van der Waals surface area contributed by atoms with Gasteiger partial charge in [-0.2, -0.15) is 25.3 Å². The Morgan fingerprint density at radius 2 is 1.62 bits per heavy atom.